The number of hydrogen-bond donors (Lipinski definition) is 3. The highest BCUT2D eigenvalue weighted by Gasteiger charge is 2.35. The van der Waals surface area contributed by atoms with Crippen molar-refractivity contribution in [1.29, 1.82) is 0 Å². The van der Waals surface area contributed by atoms with Crippen LogP contribution < -0.4 is 14.8 Å². The van der Waals surface area contributed by atoms with Gasteiger partial charge in [-0.2, -0.15) is 12.7 Å². The Hall–Kier alpha value is -2.46. The Morgan fingerprint density at radius 3 is 2.44 bits per heavy atom. The van der Waals surface area contributed by atoms with Gasteiger partial charge in [0.2, 0.25) is 10.0 Å². The minimum absolute atomic E-state index is 0.0650. The molecule has 0 radical (unpaired) electrons. The monoisotopic (exact) mass is 495 g/mol. The third-order valence-electron chi connectivity index (χ3n) is 4.84. The van der Waals surface area contributed by atoms with Gasteiger partial charge in [0.15, 0.2) is 17.5 Å². The second-order valence-electron chi connectivity index (χ2n) is 7.02. The van der Waals surface area contributed by atoms with Crippen molar-refractivity contribution in [2.45, 2.75) is 17.4 Å². The number of hydrogen-bond acceptors (Lipinski definition) is 5. The van der Waals surface area contributed by atoms with Crippen LogP contribution in [0.1, 0.15) is 16.9 Å². The average molecular weight is 496 g/mol. The van der Waals surface area contributed by atoms with Crippen molar-refractivity contribution in [3.05, 3.63) is 47.5 Å². The van der Waals surface area contributed by atoms with Gasteiger partial charge in [-0.1, -0.05) is 0 Å². The van der Waals surface area contributed by atoms with E-state index in [4.69, 9.17) is 0 Å². The first kappa shape index (κ1) is 24.2. The molecule has 176 valence electrons. The summed E-state index contributed by atoms with van der Waals surface area (Å²) in [5.74, 6) is -4.79. The number of carbonyl (C=O) groups is 1. The summed E-state index contributed by atoms with van der Waals surface area (Å²) in [6.45, 7) is -0.0875. The lowest BCUT2D eigenvalue weighted by Gasteiger charge is -2.16. The number of aromatic nitrogens is 1. The fourth-order valence-corrected chi connectivity index (χ4v) is 5.60. The molecular weight excluding hydrogens is 475 g/mol. The summed E-state index contributed by atoms with van der Waals surface area (Å²) in [6.07, 6.45) is 1.05. The standard InChI is InChI=1S/C17H20F3N5O5S2/c1-21-32(29,30)25-6-5-11(8-25)23-31(27,28)14-9-24(2)16(15(14)20)17(26)22-10-3-4-12(18)13(19)7-10/h3-4,7,9,11,21,23H,5-6,8H2,1-2H3,(H,22,26)/t11-/m1/s1. The van der Waals surface area contributed by atoms with Crippen molar-refractivity contribution in [3.63, 3.8) is 0 Å². The van der Waals surface area contributed by atoms with Gasteiger partial charge in [0.1, 0.15) is 10.6 Å². The van der Waals surface area contributed by atoms with E-state index in [9.17, 15) is 34.8 Å². The third-order valence-corrected chi connectivity index (χ3v) is 7.88. The van der Waals surface area contributed by atoms with Crippen LogP contribution in [-0.4, -0.2) is 57.8 Å². The molecule has 0 saturated carbocycles. The maximum Gasteiger partial charge on any atom is 0.279 e. The van der Waals surface area contributed by atoms with E-state index in [1.54, 1.807) is 0 Å². The molecule has 1 amide bonds. The maximum atomic E-state index is 14.9. The normalized spacial score (nSPS) is 17.6. The largest absolute Gasteiger partial charge is 0.343 e. The number of rotatable bonds is 7. The summed E-state index contributed by atoms with van der Waals surface area (Å²) in [5, 5.41) is 2.17. The maximum absolute atomic E-state index is 14.9. The van der Waals surface area contributed by atoms with Crippen LogP contribution in [0.2, 0.25) is 0 Å². The molecule has 0 unspecified atom stereocenters. The smallest absolute Gasteiger partial charge is 0.279 e. The lowest BCUT2D eigenvalue weighted by atomic mass is 10.3. The van der Waals surface area contributed by atoms with E-state index in [2.05, 4.69) is 14.8 Å². The van der Waals surface area contributed by atoms with E-state index in [0.717, 1.165) is 27.2 Å². The number of halogens is 3. The molecule has 10 nitrogen and oxygen atoms in total. The number of nitrogens with zero attached hydrogens (tertiary/aromatic N) is 2. The molecule has 1 aliphatic heterocycles. The predicted octanol–water partition coefficient (Wildman–Crippen LogP) is 0.511. The minimum atomic E-state index is -4.45. The Labute approximate surface area is 182 Å². The van der Waals surface area contributed by atoms with Gasteiger partial charge in [0, 0.05) is 51.2 Å². The first-order valence-corrected chi connectivity index (χ1v) is 12.1. The minimum Gasteiger partial charge on any atom is -0.343 e. The van der Waals surface area contributed by atoms with E-state index in [-0.39, 0.29) is 25.2 Å². The number of nitrogens with one attached hydrogen (secondary N) is 3. The Morgan fingerprint density at radius 2 is 1.81 bits per heavy atom. The molecule has 0 aliphatic carbocycles. The van der Waals surface area contributed by atoms with Gasteiger partial charge in [-0.25, -0.2) is 31.0 Å². The average Bonchev–Trinajstić information content (AvgIpc) is 3.29. The van der Waals surface area contributed by atoms with Crippen LogP contribution in [0.3, 0.4) is 0 Å². The molecule has 1 atom stereocenters. The number of aryl methyl sites for hydroxylation is 1. The van der Waals surface area contributed by atoms with Crippen LogP contribution in [0.15, 0.2) is 29.3 Å². The molecule has 3 rings (SSSR count). The molecule has 32 heavy (non-hydrogen) atoms. The van der Waals surface area contributed by atoms with Crippen molar-refractivity contribution in [2.75, 3.05) is 25.5 Å². The number of carbonyl (C=O) groups excluding carboxylic acids is 1. The zero-order valence-corrected chi connectivity index (χ0v) is 18.5. The fraction of sp³-hybridized carbons (Fsp3) is 0.353. The second-order valence-corrected chi connectivity index (χ2v) is 10.6. The summed E-state index contributed by atoms with van der Waals surface area (Å²) in [4.78, 5) is 11.6. The Balaban J connectivity index is 1.80. The molecule has 0 bridgehead atoms. The summed E-state index contributed by atoms with van der Waals surface area (Å²) < 4.78 is 96.7. The first-order valence-electron chi connectivity index (χ1n) is 9.18. The van der Waals surface area contributed by atoms with Crippen LogP contribution in [0, 0.1) is 17.5 Å². The molecule has 2 aromatic rings. The Kier molecular flexibility index (Phi) is 6.67. The molecule has 1 aliphatic rings. The fourth-order valence-electron chi connectivity index (χ4n) is 3.23. The molecule has 1 aromatic carbocycles. The van der Waals surface area contributed by atoms with E-state index >= 15 is 0 Å². The molecule has 3 N–H and O–H groups in total. The lowest BCUT2D eigenvalue weighted by Crippen LogP contribution is -2.41. The zero-order chi connectivity index (χ0) is 23.8. The molecule has 1 fully saturated rings. The number of benzene rings is 1. The quantitative estimate of drug-likeness (QED) is 0.516. The van der Waals surface area contributed by atoms with Gasteiger partial charge in [-0.05, 0) is 18.6 Å². The highest BCUT2D eigenvalue weighted by molar-refractivity contribution is 7.89. The van der Waals surface area contributed by atoms with Gasteiger partial charge in [-0.15, -0.1) is 0 Å². The summed E-state index contributed by atoms with van der Waals surface area (Å²) >= 11 is 0. The number of sulfonamides is 1. The van der Waals surface area contributed by atoms with Crippen LogP contribution in [0.25, 0.3) is 0 Å². The Morgan fingerprint density at radius 1 is 1.12 bits per heavy atom. The van der Waals surface area contributed by atoms with Gasteiger partial charge < -0.3 is 9.88 Å². The van der Waals surface area contributed by atoms with E-state index in [1.807, 2.05) is 0 Å². The molecule has 1 aromatic heterocycles. The molecular formula is C17H20F3N5O5S2. The summed E-state index contributed by atoms with van der Waals surface area (Å²) in [7, 11) is -5.73. The molecule has 0 spiro atoms. The zero-order valence-electron chi connectivity index (χ0n) is 16.9. The highest BCUT2D eigenvalue weighted by Crippen LogP contribution is 2.23. The molecule has 1 saturated heterocycles. The van der Waals surface area contributed by atoms with Crippen LogP contribution in [0.5, 0.6) is 0 Å². The van der Waals surface area contributed by atoms with Crippen molar-refractivity contribution in [1.82, 2.24) is 18.3 Å². The van der Waals surface area contributed by atoms with Crippen LogP contribution >= 0.6 is 0 Å². The summed E-state index contributed by atoms with van der Waals surface area (Å²) in [6, 6.07) is 1.72. The van der Waals surface area contributed by atoms with Crippen molar-refractivity contribution >= 4 is 31.8 Å². The second kappa shape index (κ2) is 8.82. The van der Waals surface area contributed by atoms with Gasteiger partial charge in [0.25, 0.3) is 16.1 Å². The van der Waals surface area contributed by atoms with Crippen molar-refractivity contribution in [2.24, 2.45) is 7.05 Å². The Bertz CT molecular complexity index is 1260. The highest BCUT2D eigenvalue weighted by atomic mass is 32.2. The topological polar surface area (TPSA) is 130 Å². The lowest BCUT2D eigenvalue weighted by molar-refractivity contribution is 0.101. The molecule has 15 heteroatoms. The predicted molar refractivity (Wildman–Crippen MR) is 108 cm³/mol. The van der Waals surface area contributed by atoms with E-state index < -0.39 is 60.2 Å². The van der Waals surface area contributed by atoms with Crippen molar-refractivity contribution < 1.29 is 34.8 Å². The van der Waals surface area contributed by atoms with Gasteiger partial charge in [0.05, 0.1) is 0 Å². The van der Waals surface area contributed by atoms with Gasteiger partial charge in [-0.3, -0.25) is 4.79 Å². The SMILES string of the molecule is CNS(=O)(=O)N1CC[C@@H](NS(=O)(=O)c2cn(C)c(C(=O)Nc3ccc(F)c(F)c3)c2F)C1. The van der Waals surface area contributed by atoms with E-state index in [1.165, 1.54) is 14.1 Å². The third kappa shape index (κ3) is 4.80. The van der Waals surface area contributed by atoms with Crippen molar-refractivity contribution in [3.8, 4) is 0 Å². The first-order chi connectivity index (χ1) is 14.9. The number of anilines is 1. The number of amides is 1. The van der Waals surface area contributed by atoms with Crippen LogP contribution in [-0.2, 0) is 27.3 Å². The summed E-state index contributed by atoms with van der Waals surface area (Å²) in [5.41, 5.74) is -0.810. The van der Waals surface area contributed by atoms with Crippen LogP contribution in [0.4, 0.5) is 18.9 Å². The van der Waals surface area contributed by atoms with Gasteiger partial charge >= 0.3 is 0 Å². The van der Waals surface area contributed by atoms with E-state index in [0.29, 0.717) is 6.07 Å². The molecule has 2 heterocycles.